The minimum absolute atomic E-state index is 1.26. The third-order valence-electron chi connectivity index (χ3n) is 11.8. The van der Waals surface area contributed by atoms with Crippen molar-refractivity contribution < 1.29 is 0 Å². The van der Waals surface area contributed by atoms with Gasteiger partial charge in [0.2, 0.25) is 0 Å². The Morgan fingerprint density at radius 2 is 0.610 bits per heavy atom. The lowest BCUT2D eigenvalue weighted by Crippen LogP contribution is -1.91. The van der Waals surface area contributed by atoms with Crippen LogP contribution in [0.25, 0.3) is 76.8 Å². The molecule has 9 aromatic carbocycles. The van der Waals surface area contributed by atoms with E-state index >= 15 is 0 Å². The summed E-state index contributed by atoms with van der Waals surface area (Å²) in [7, 11) is 0. The Morgan fingerprint density at radius 3 is 1.05 bits per heavy atom. The van der Waals surface area contributed by atoms with Crippen LogP contribution < -0.4 is 0 Å². The van der Waals surface area contributed by atoms with E-state index in [9.17, 15) is 0 Å². The summed E-state index contributed by atoms with van der Waals surface area (Å²) in [5.74, 6) is 0. The lowest BCUT2D eigenvalue weighted by Gasteiger charge is -2.14. The second-order valence-electron chi connectivity index (χ2n) is 15.8. The average Bonchev–Trinajstić information content (AvgIpc) is 3.25. The molecule has 0 spiro atoms. The molecule has 0 bridgehead atoms. The van der Waals surface area contributed by atoms with E-state index in [4.69, 9.17) is 0 Å². The second kappa shape index (κ2) is 19.0. The summed E-state index contributed by atoms with van der Waals surface area (Å²) in [6, 6.07) is 63.9. The van der Waals surface area contributed by atoms with Crippen LogP contribution in [0.15, 0.2) is 176 Å². The molecule has 1 aliphatic carbocycles. The molecule has 1 saturated carbocycles. The first-order valence-electron chi connectivity index (χ1n) is 21.6. The van der Waals surface area contributed by atoms with Crippen molar-refractivity contribution >= 4 is 32.3 Å². The molecular formula is C59H58. The molecule has 0 aliphatic heterocycles. The van der Waals surface area contributed by atoms with Gasteiger partial charge in [-0.3, -0.25) is 0 Å². The van der Waals surface area contributed by atoms with E-state index < -0.39 is 0 Å². The Bertz CT molecular complexity index is 2720. The predicted molar refractivity (Wildman–Crippen MR) is 261 cm³/mol. The number of aryl methyl sites for hydroxylation is 5. The number of benzene rings is 9. The molecule has 0 radical (unpaired) electrons. The van der Waals surface area contributed by atoms with E-state index in [1.54, 1.807) is 0 Å². The van der Waals surface area contributed by atoms with Gasteiger partial charge in [-0.1, -0.05) is 203 Å². The van der Waals surface area contributed by atoms with E-state index in [2.05, 4.69) is 211 Å². The van der Waals surface area contributed by atoms with Gasteiger partial charge in [-0.25, -0.2) is 0 Å². The average molecular weight is 767 g/mol. The summed E-state index contributed by atoms with van der Waals surface area (Å²) in [5.41, 5.74) is 16.9. The molecule has 10 rings (SSSR count). The monoisotopic (exact) mass is 766 g/mol. The van der Waals surface area contributed by atoms with Crippen molar-refractivity contribution in [3.63, 3.8) is 0 Å². The van der Waals surface area contributed by atoms with Gasteiger partial charge in [0.1, 0.15) is 0 Å². The van der Waals surface area contributed by atoms with Gasteiger partial charge >= 0.3 is 0 Å². The summed E-state index contributed by atoms with van der Waals surface area (Å²) in [6.45, 7) is 14.9. The smallest absolute Gasteiger partial charge is 0.00928 e. The van der Waals surface area contributed by atoms with Gasteiger partial charge in [-0.05, 0) is 152 Å². The van der Waals surface area contributed by atoms with Crippen LogP contribution in [0.1, 0.15) is 67.3 Å². The molecular weight excluding hydrogens is 709 g/mol. The standard InChI is InChI=1S/C28H26.C25H18.C4H8.C2H6/c1-19-9-5-7-11-25(19)27-17-23(15-13-21(27)3)24-16-14-22(4)28(18-24)26-12-8-6-10-20(26)2;1-17-7-6-8-18(15-17)19-13-14-24-22-11-3-2-9-20(22)21-10-4-5-12-23(21)25(24)16-19;1-2-4-3-1;1-2/h5-18H,1-4H3;2-16H,1H3;1-4H2;1-2H3. The van der Waals surface area contributed by atoms with Crippen LogP contribution in [0.3, 0.4) is 0 Å². The molecule has 1 aliphatic rings. The maximum Gasteiger partial charge on any atom is -0.00928 e. The van der Waals surface area contributed by atoms with E-state index in [0.717, 1.165) is 0 Å². The first kappa shape index (κ1) is 40.9. The molecule has 294 valence electrons. The van der Waals surface area contributed by atoms with Gasteiger partial charge in [0.25, 0.3) is 0 Å². The minimum Gasteiger partial charge on any atom is -0.0683 e. The molecule has 0 amide bonds. The molecule has 0 aromatic heterocycles. The van der Waals surface area contributed by atoms with Gasteiger partial charge in [-0.2, -0.15) is 0 Å². The van der Waals surface area contributed by atoms with Crippen LogP contribution >= 0.6 is 0 Å². The van der Waals surface area contributed by atoms with E-state index in [-0.39, 0.29) is 0 Å². The number of fused-ring (bicyclic) bond motifs is 6. The van der Waals surface area contributed by atoms with Crippen LogP contribution in [0.4, 0.5) is 0 Å². The SMILES string of the molecule is C1CCC1.CC.Cc1cccc(-c2ccc3c4ccccc4c4ccccc4c3c2)c1.Cc1ccccc1-c1cc(-c2ccc(C)c(-c3ccccc3C)c2)ccc1C. The highest BCUT2D eigenvalue weighted by atomic mass is 14.2. The molecule has 0 saturated heterocycles. The predicted octanol–water partition coefficient (Wildman–Crippen LogP) is 17.6. The zero-order chi connectivity index (χ0) is 41.3. The van der Waals surface area contributed by atoms with Crippen molar-refractivity contribution in [2.75, 3.05) is 0 Å². The zero-order valence-electron chi connectivity index (χ0n) is 36.1. The van der Waals surface area contributed by atoms with Gasteiger partial charge in [0, 0.05) is 0 Å². The molecule has 1 fully saturated rings. The number of hydrogen-bond acceptors (Lipinski definition) is 0. The largest absolute Gasteiger partial charge is 0.0683 e. The van der Waals surface area contributed by atoms with Crippen molar-refractivity contribution in [2.24, 2.45) is 0 Å². The number of rotatable bonds is 4. The van der Waals surface area contributed by atoms with Crippen LogP contribution in [-0.2, 0) is 0 Å². The first-order chi connectivity index (χ1) is 28.9. The molecule has 0 N–H and O–H groups in total. The number of hydrogen-bond donors (Lipinski definition) is 0. The topological polar surface area (TPSA) is 0 Å². The molecule has 0 unspecified atom stereocenters. The summed E-state index contributed by atoms with van der Waals surface area (Å²) >= 11 is 0. The summed E-state index contributed by atoms with van der Waals surface area (Å²) in [4.78, 5) is 0. The van der Waals surface area contributed by atoms with E-state index in [0.29, 0.717) is 0 Å². The van der Waals surface area contributed by atoms with Crippen molar-refractivity contribution in [1.29, 1.82) is 0 Å². The summed E-state index contributed by atoms with van der Waals surface area (Å²) in [5, 5.41) is 7.96. The van der Waals surface area contributed by atoms with Crippen LogP contribution in [0, 0.1) is 34.6 Å². The highest BCUT2D eigenvalue weighted by molar-refractivity contribution is 6.25. The van der Waals surface area contributed by atoms with Crippen LogP contribution in [-0.4, -0.2) is 0 Å². The van der Waals surface area contributed by atoms with Crippen molar-refractivity contribution in [1.82, 2.24) is 0 Å². The lowest BCUT2D eigenvalue weighted by atomic mass is 9.90. The molecule has 0 heteroatoms. The maximum atomic E-state index is 2.35. The highest BCUT2D eigenvalue weighted by Crippen LogP contribution is 2.38. The zero-order valence-corrected chi connectivity index (χ0v) is 36.1. The molecule has 59 heavy (non-hydrogen) atoms. The summed E-state index contributed by atoms with van der Waals surface area (Å²) < 4.78 is 0. The highest BCUT2D eigenvalue weighted by Gasteiger charge is 2.12. The first-order valence-corrected chi connectivity index (χ1v) is 21.6. The van der Waals surface area contributed by atoms with Gasteiger partial charge in [0.05, 0.1) is 0 Å². The molecule has 9 aromatic rings. The fraction of sp³-hybridized carbons (Fsp3) is 0.186. The quantitative estimate of drug-likeness (QED) is 0.157. The Morgan fingerprint density at radius 1 is 0.254 bits per heavy atom. The normalized spacial score (nSPS) is 11.7. The Kier molecular flexibility index (Phi) is 13.2. The van der Waals surface area contributed by atoms with Gasteiger partial charge < -0.3 is 0 Å². The minimum atomic E-state index is 1.26. The second-order valence-corrected chi connectivity index (χ2v) is 15.8. The Labute approximate surface area is 353 Å². The fourth-order valence-corrected chi connectivity index (χ4v) is 8.10. The van der Waals surface area contributed by atoms with Crippen LogP contribution in [0.5, 0.6) is 0 Å². The molecule has 0 heterocycles. The Balaban J connectivity index is 0.000000158. The van der Waals surface area contributed by atoms with Gasteiger partial charge in [0.15, 0.2) is 0 Å². The summed E-state index contributed by atoms with van der Waals surface area (Å²) in [6.07, 6.45) is 6.00. The fourth-order valence-electron chi connectivity index (χ4n) is 8.10. The Hall–Kier alpha value is -6.24. The third kappa shape index (κ3) is 9.09. The van der Waals surface area contributed by atoms with E-state index in [1.165, 1.54) is 130 Å². The maximum absolute atomic E-state index is 2.35. The van der Waals surface area contributed by atoms with Crippen LogP contribution in [0.2, 0.25) is 0 Å². The van der Waals surface area contributed by atoms with E-state index in [1.807, 2.05) is 13.8 Å². The molecule has 0 nitrogen and oxygen atoms in total. The van der Waals surface area contributed by atoms with Crippen molar-refractivity contribution in [2.45, 2.75) is 74.1 Å². The van der Waals surface area contributed by atoms with Crippen molar-refractivity contribution in [3.8, 4) is 44.5 Å². The lowest BCUT2D eigenvalue weighted by molar-refractivity contribution is 0.504. The molecule has 0 atom stereocenters. The third-order valence-corrected chi connectivity index (χ3v) is 11.8. The van der Waals surface area contributed by atoms with Gasteiger partial charge in [-0.15, -0.1) is 0 Å². The van der Waals surface area contributed by atoms with Crippen molar-refractivity contribution in [3.05, 3.63) is 204 Å².